The number of allylic oxidation sites excluding steroid dienone is 6. The van der Waals surface area contributed by atoms with Gasteiger partial charge in [0.15, 0.2) is 0 Å². The zero-order chi connectivity index (χ0) is 41.5. The summed E-state index contributed by atoms with van der Waals surface area (Å²) in [5, 5.41) is 23.1. The normalized spacial score (nSPS) is 13.0. The number of esters is 1. The van der Waals surface area contributed by atoms with Gasteiger partial charge in [-0.2, -0.15) is 0 Å². The molecular formula is C51H95NO5. The van der Waals surface area contributed by atoms with Crippen LogP contribution < -0.4 is 5.32 Å². The zero-order valence-corrected chi connectivity index (χ0v) is 37.8. The fourth-order valence-corrected chi connectivity index (χ4v) is 7.30. The molecule has 0 radical (unpaired) electrons. The smallest absolute Gasteiger partial charge is 0.305 e. The van der Waals surface area contributed by atoms with E-state index < -0.39 is 12.1 Å². The summed E-state index contributed by atoms with van der Waals surface area (Å²) in [4.78, 5) is 24.4. The number of hydrogen-bond donors (Lipinski definition) is 3. The molecule has 2 unspecified atom stereocenters. The van der Waals surface area contributed by atoms with Crippen molar-refractivity contribution in [1.29, 1.82) is 0 Å². The number of unbranched alkanes of at least 4 members (excludes halogenated alkanes) is 28. The molecule has 0 saturated heterocycles. The Hall–Kier alpha value is -1.92. The molecule has 0 aromatic heterocycles. The average Bonchev–Trinajstić information content (AvgIpc) is 3.21. The fourth-order valence-electron chi connectivity index (χ4n) is 7.30. The third-order valence-corrected chi connectivity index (χ3v) is 11.2. The van der Waals surface area contributed by atoms with Crippen LogP contribution >= 0.6 is 0 Å². The van der Waals surface area contributed by atoms with Crippen molar-refractivity contribution in [3.8, 4) is 0 Å². The summed E-state index contributed by atoms with van der Waals surface area (Å²) in [7, 11) is 0. The van der Waals surface area contributed by atoms with Gasteiger partial charge in [-0.05, 0) is 83.5 Å². The van der Waals surface area contributed by atoms with Crippen LogP contribution in [0.5, 0.6) is 0 Å². The first kappa shape index (κ1) is 55.1. The number of nitrogens with one attached hydrogen (secondary N) is 1. The minimum atomic E-state index is -0.674. The van der Waals surface area contributed by atoms with E-state index in [0.29, 0.717) is 25.9 Å². The molecule has 0 heterocycles. The van der Waals surface area contributed by atoms with Gasteiger partial charge in [-0.25, -0.2) is 0 Å². The van der Waals surface area contributed by atoms with Crippen molar-refractivity contribution in [2.24, 2.45) is 0 Å². The van der Waals surface area contributed by atoms with E-state index in [2.05, 4.69) is 55.6 Å². The molecule has 6 nitrogen and oxygen atoms in total. The monoisotopic (exact) mass is 802 g/mol. The third kappa shape index (κ3) is 43.5. The van der Waals surface area contributed by atoms with Crippen molar-refractivity contribution in [3.63, 3.8) is 0 Å². The lowest BCUT2D eigenvalue weighted by atomic mass is 10.0. The summed E-state index contributed by atoms with van der Waals surface area (Å²) in [5.41, 5.74) is 0. The van der Waals surface area contributed by atoms with Gasteiger partial charge >= 0.3 is 5.97 Å². The molecule has 57 heavy (non-hydrogen) atoms. The lowest BCUT2D eigenvalue weighted by Gasteiger charge is -2.22. The molecule has 0 aliphatic carbocycles. The van der Waals surface area contributed by atoms with Crippen molar-refractivity contribution < 1.29 is 24.5 Å². The second-order valence-electron chi connectivity index (χ2n) is 16.8. The number of carbonyl (C=O) groups is 2. The van der Waals surface area contributed by atoms with Crippen molar-refractivity contribution >= 4 is 11.9 Å². The standard InChI is InChI=1S/C51H95NO5/c1-3-5-7-9-11-13-15-24-27-31-35-39-43-49(54)48(47-53)52-50(55)44-40-36-32-28-25-21-19-17-16-18-20-22-26-30-34-38-42-46-57-51(56)45-41-37-33-29-23-14-12-10-8-6-4-2/h10,12,16,18,22,26,48-49,53-54H,3-9,11,13-15,17,19-21,23-25,27-47H2,1-2H3,(H,52,55)/b12-10-,18-16-,26-22-. The highest BCUT2D eigenvalue weighted by Crippen LogP contribution is 2.15. The second-order valence-corrected chi connectivity index (χ2v) is 16.8. The first-order chi connectivity index (χ1) is 28.0. The number of amides is 1. The number of hydrogen-bond acceptors (Lipinski definition) is 5. The molecule has 0 bridgehead atoms. The molecule has 0 aromatic rings. The summed E-state index contributed by atoms with van der Waals surface area (Å²) in [6.45, 7) is 4.85. The highest BCUT2D eigenvalue weighted by molar-refractivity contribution is 5.76. The highest BCUT2D eigenvalue weighted by Gasteiger charge is 2.20. The summed E-state index contributed by atoms with van der Waals surface area (Å²) >= 11 is 0. The first-order valence-corrected chi connectivity index (χ1v) is 24.7. The fraction of sp³-hybridized carbons (Fsp3) is 0.843. The molecule has 0 rings (SSSR count). The summed E-state index contributed by atoms with van der Waals surface area (Å²) in [6.07, 6.45) is 55.4. The van der Waals surface area contributed by atoms with E-state index in [0.717, 1.165) is 83.5 Å². The van der Waals surface area contributed by atoms with Crippen molar-refractivity contribution in [1.82, 2.24) is 5.32 Å². The van der Waals surface area contributed by atoms with Gasteiger partial charge in [0.2, 0.25) is 5.91 Å². The summed E-state index contributed by atoms with van der Waals surface area (Å²) in [6, 6.07) is -0.552. The van der Waals surface area contributed by atoms with Gasteiger partial charge in [0.25, 0.3) is 0 Å². The Morgan fingerprint density at radius 3 is 1.40 bits per heavy atom. The van der Waals surface area contributed by atoms with Crippen LogP contribution in [0.4, 0.5) is 0 Å². The maximum Gasteiger partial charge on any atom is 0.305 e. The lowest BCUT2D eigenvalue weighted by Crippen LogP contribution is -2.45. The van der Waals surface area contributed by atoms with E-state index in [4.69, 9.17) is 4.74 Å². The average molecular weight is 802 g/mol. The van der Waals surface area contributed by atoms with Crippen LogP contribution in [0.15, 0.2) is 36.5 Å². The Morgan fingerprint density at radius 2 is 0.895 bits per heavy atom. The quantitative estimate of drug-likeness (QED) is 0.0324. The molecule has 0 spiro atoms. The van der Waals surface area contributed by atoms with E-state index in [1.54, 1.807) is 0 Å². The van der Waals surface area contributed by atoms with Gasteiger partial charge in [-0.1, -0.05) is 192 Å². The van der Waals surface area contributed by atoms with E-state index in [1.165, 1.54) is 135 Å². The van der Waals surface area contributed by atoms with Crippen LogP contribution in [-0.4, -0.2) is 47.4 Å². The number of aliphatic hydroxyl groups excluding tert-OH is 2. The van der Waals surface area contributed by atoms with Crippen molar-refractivity contribution in [2.75, 3.05) is 13.2 Å². The number of aliphatic hydroxyl groups is 2. The van der Waals surface area contributed by atoms with Gasteiger partial charge < -0.3 is 20.3 Å². The first-order valence-electron chi connectivity index (χ1n) is 24.7. The van der Waals surface area contributed by atoms with Crippen LogP contribution in [0.2, 0.25) is 0 Å². The molecule has 0 aromatic carbocycles. The molecule has 2 atom stereocenters. The van der Waals surface area contributed by atoms with Gasteiger partial charge in [0.05, 0.1) is 25.4 Å². The van der Waals surface area contributed by atoms with Gasteiger partial charge in [0.1, 0.15) is 0 Å². The Morgan fingerprint density at radius 1 is 0.491 bits per heavy atom. The molecule has 1 amide bonds. The molecule has 0 aliphatic rings. The number of carbonyl (C=O) groups excluding carboxylic acids is 2. The van der Waals surface area contributed by atoms with Gasteiger partial charge in [0, 0.05) is 12.8 Å². The van der Waals surface area contributed by atoms with Gasteiger partial charge in [-0.3, -0.25) is 9.59 Å². The number of rotatable bonds is 45. The third-order valence-electron chi connectivity index (χ3n) is 11.2. The van der Waals surface area contributed by atoms with Crippen LogP contribution in [0.1, 0.15) is 251 Å². The van der Waals surface area contributed by atoms with Crippen LogP contribution in [-0.2, 0) is 14.3 Å². The van der Waals surface area contributed by atoms with E-state index in [-0.39, 0.29) is 18.5 Å². The molecule has 0 saturated carbocycles. The lowest BCUT2D eigenvalue weighted by molar-refractivity contribution is -0.143. The van der Waals surface area contributed by atoms with E-state index in [1.807, 2.05) is 0 Å². The largest absolute Gasteiger partial charge is 0.466 e. The Balaban J connectivity index is 3.52. The van der Waals surface area contributed by atoms with Gasteiger partial charge in [-0.15, -0.1) is 0 Å². The minimum Gasteiger partial charge on any atom is -0.466 e. The predicted octanol–water partition coefficient (Wildman–Crippen LogP) is 14.5. The predicted molar refractivity (Wildman–Crippen MR) is 246 cm³/mol. The Kier molecular flexibility index (Phi) is 45.2. The Bertz CT molecular complexity index is 931. The minimum absolute atomic E-state index is 0.0274. The molecule has 3 N–H and O–H groups in total. The Labute approximate surface area is 353 Å². The second kappa shape index (κ2) is 46.8. The molecular weight excluding hydrogens is 707 g/mol. The molecule has 0 aliphatic heterocycles. The SMILES string of the molecule is CCCC/C=C\CCCCCCCC(=O)OCCCCC/C=C\C/C=C\CCCCCCCCCC(=O)NC(CO)C(O)CCCCCCCCCCCCCC. The highest BCUT2D eigenvalue weighted by atomic mass is 16.5. The van der Waals surface area contributed by atoms with Crippen LogP contribution in [0.3, 0.4) is 0 Å². The summed E-state index contributed by atoms with van der Waals surface area (Å²) < 4.78 is 5.42. The molecule has 334 valence electrons. The van der Waals surface area contributed by atoms with Crippen LogP contribution in [0.25, 0.3) is 0 Å². The van der Waals surface area contributed by atoms with E-state index in [9.17, 15) is 19.8 Å². The maximum atomic E-state index is 12.4. The maximum absolute atomic E-state index is 12.4. The summed E-state index contributed by atoms with van der Waals surface area (Å²) in [5.74, 6) is -0.0804. The van der Waals surface area contributed by atoms with E-state index >= 15 is 0 Å². The van der Waals surface area contributed by atoms with Crippen LogP contribution in [0, 0.1) is 0 Å². The topological polar surface area (TPSA) is 95.9 Å². The molecule has 0 fully saturated rings. The zero-order valence-electron chi connectivity index (χ0n) is 37.8. The number of ether oxygens (including phenoxy) is 1. The molecule has 6 heteroatoms. The van der Waals surface area contributed by atoms with Crippen molar-refractivity contribution in [2.45, 2.75) is 264 Å². The van der Waals surface area contributed by atoms with Crippen molar-refractivity contribution in [3.05, 3.63) is 36.5 Å².